The minimum absolute atomic E-state index is 0.311. The smallest absolute Gasteiger partial charge is 0.330 e. The Labute approximate surface area is 168 Å². The zero-order valence-electron chi connectivity index (χ0n) is 17.0. The van der Waals surface area contributed by atoms with Crippen molar-refractivity contribution < 1.29 is 4.74 Å². The number of aryl methyl sites for hydroxylation is 2. The third-order valence-corrected chi connectivity index (χ3v) is 5.26. The van der Waals surface area contributed by atoms with Gasteiger partial charge in [-0.05, 0) is 31.5 Å². The van der Waals surface area contributed by atoms with Gasteiger partial charge in [0.25, 0.3) is 5.56 Å². The van der Waals surface area contributed by atoms with E-state index in [-0.39, 0.29) is 11.2 Å². The second-order valence-corrected chi connectivity index (χ2v) is 7.03. The summed E-state index contributed by atoms with van der Waals surface area (Å²) < 4.78 is 10.5. The molecule has 0 atom stereocenters. The molecule has 148 valence electrons. The minimum atomic E-state index is -0.353. The fourth-order valence-electron chi connectivity index (χ4n) is 3.77. The Morgan fingerprint density at radius 3 is 2.34 bits per heavy atom. The van der Waals surface area contributed by atoms with Crippen LogP contribution in [0, 0.1) is 6.92 Å². The largest absolute Gasteiger partial charge is 0.492 e. The Morgan fingerprint density at radius 2 is 1.62 bits per heavy atom. The monoisotopic (exact) mass is 389 g/mol. The summed E-state index contributed by atoms with van der Waals surface area (Å²) in [5.74, 6) is 0.715. The van der Waals surface area contributed by atoms with Crippen molar-refractivity contribution in [3.8, 4) is 22.7 Å². The predicted octanol–water partition coefficient (Wildman–Crippen LogP) is 3.40. The Hall–Kier alpha value is -3.54. The van der Waals surface area contributed by atoms with Gasteiger partial charge in [0.2, 0.25) is 0 Å². The minimum Gasteiger partial charge on any atom is -0.492 e. The molecule has 0 aliphatic carbocycles. The summed E-state index contributed by atoms with van der Waals surface area (Å²) in [6.45, 7) is 4.47. The van der Waals surface area contributed by atoms with E-state index in [0.29, 0.717) is 23.3 Å². The van der Waals surface area contributed by atoms with Gasteiger partial charge in [-0.15, -0.1) is 0 Å². The van der Waals surface area contributed by atoms with Crippen LogP contribution in [0.25, 0.3) is 27.8 Å². The van der Waals surface area contributed by atoms with Crippen molar-refractivity contribution in [2.75, 3.05) is 6.61 Å². The van der Waals surface area contributed by atoms with Crippen LogP contribution in [0.3, 0.4) is 0 Å². The van der Waals surface area contributed by atoms with E-state index in [1.165, 1.54) is 11.6 Å². The predicted molar refractivity (Wildman–Crippen MR) is 115 cm³/mol. The Bertz CT molecular complexity index is 1340. The normalized spacial score (nSPS) is 11.2. The first-order valence-corrected chi connectivity index (χ1v) is 9.55. The number of fused-ring (bicyclic) bond motifs is 1. The molecule has 0 aliphatic rings. The van der Waals surface area contributed by atoms with Crippen LogP contribution in [-0.2, 0) is 14.1 Å². The lowest BCUT2D eigenvalue weighted by Crippen LogP contribution is -2.36. The van der Waals surface area contributed by atoms with Gasteiger partial charge in [-0.2, -0.15) is 0 Å². The lowest BCUT2D eigenvalue weighted by atomic mass is 10.0. The van der Waals surface area contributed by atoms with Crippen LogP contribution in [0.2, 0.25) is 0 Å². The molecule has 0 N–H and O–H groups in total. The molecule has 6 nitrogen and oxygen atoms in total. The molecule has 0 saturated heterocycles. The third-order valence-electron chi connectivity index (χ3n) is 5.26. The molecule has 2 heterocycles. The molecule has 0 amide bonds. The number of benzene rings is 2. The third kappa shape index (κ3) is 2.88. The summed E-state index contributed by atoms with van der Waals surface area (Å²) >= 11 is 0. The van der Waals surface area contributed by atoms with Gasteiger partial charge in [0.15, 0.2) is 0 Å². The topological polar surface area (TPSA) is 58.2 Å². The maximum Gasteiger partial charge on any atom is 0.330 e. The number of ether oxygens (including phenoxy) is 1. The van der Waals surface area contributed by atoms with E-state index in [4.69, 9.17) is 4.74 Å². The van der Waals surface area contributed by atoms with E-state index in [2.05, 4.69) is 0 Å². The van der Waals surface area contributed by atoms with Crippen molar-refractivity contribution in [3.05, 3.63) is 81.1 Å². The molecule has 0 bridgehead atoms. The molecule has 6 heteroatoms. The number of para-hydroxylation sites is 2. The van der Waals surface area contributed by atoms with E-state index in [0.717, 1.165) is 27.1 Å². The fraction of sp³-hybridized carbons (Fsp3) is 0.217. The molecular formula is C23H23N3O3. The molecule has 0 radical (unpaired) electrons. The quantitative estimate of drug-likeness (QED) is 0.538. The fourth-order valence-corrected chi connectivity index (χ4v) is 3.77. The number of nitrogens with zero attached hydrogens (tertiary/aromatic N) is 3. The highest BCUT2D eigenvalue weighted by molar-refractivity contribution is 5.95. The second kappa shape index (κ2) is 7.13. The van der Waals surface area contributed by atoms with E-state index in [1.54, 1.807) is 7.05 Å². The summed E-state index contributed by atoms with van der Waals surface area (Å²) in [5, 5.41) is 0.509. The first kappa shape index (κ1) is 18.8. The number of rotatable bonds is 4. The molecule has 2 aromatic carbocycles. The van der Waals surface area contributed by atoms with Crippen molar-refractivity contribution in [2.24, 2.45) is 14.1 Å². The van der Waals surface area contributed by atoms with E-state index < -0.39 is 0 Å². The molecule has 4 aromatic rings. The average Bonchev–Trinajstić information content (AvgIpc) is 3.12. The summed E-state index contributed by atoms with van der Waals surface area (Å²) in [7, 11) is 3.20. The highest BCUT2D eigenvalue weighted by Gasteiger charge is 2.22. The Morgan fingerprint density at radius 1 is 0.931 bits per heavy atom. The molecule has 4 rings (SSSR count). The van der Waals surface area contributed by atoms with Crippen LogP contribution in [0.5, 0.6) is 5.75 Å². The summed E-state index contributed by atoms with van der Waals surface area (Å²) in [4.78, 5) is 25.7. The maximum absolute atomic E-state index is 13.2. The van der Waals surface area contributed by atoms with E-state index in [1.807, 2.05) is 73.1 Å². The van der Waals surface area contributed by atoms with Crippen LogP contribution in [0.4, 0.5) is 0 Å². The number of hydrogen-bond donors (Lipinski definition) is 0. The van der Waals surface area contributed by atoms with Crippen LogP contribution in [-0.4, -0.2) is 20.3 Å². The summed E-state index contributed by atoms with van der Waals surface area (Å²) in [6.07, 6.45) is 1.84. The molecule has 0 aliphatic heterocycles. The molecule has 0 spiro atoms. The van der Waals surface area contributed by atoms with Crippen molar-refractivity contribution in [1.82, 2.24) is 13.7 Å². The molecule has 0 unspecified atom stereocenters. The Balaban J connectivity index is 2.22. The van der Waals surface area contributed by atoms with Crippen molar-refractivity contribution in [1.29, 1.82) is 0 Å². The van der Waals surface area contributed by atoms with Crippen LogP contribution in [0.1, 0.15) is 12.5 Å². The second-order valence-electron chi connectivity index (χ2n) is 7.03. The highest BCUT2D eigenvalue weighted by Crippen LogP contribution is 2.35. The zero-order chi connectivity index (χ0) is 20.7. The van der Waals surface area contributed by atoms with Gasteiger partial charge in [0.05, 0.1) is 28.9 Å². The van der Waals surface area contributed by atoms with Crippen LogP contribution < -0.4 is 16.0 Å². The molecule has 29 heavy (non-hydrogen) atoms. The lowest BCUT2D eigenvalue weighted by molar-refractivity contribution is 0.339. The van der Waals surface area contributed by atoms with E-state index in [9.17, 15) is 9.59 Å². The molecule has 0 fully saturated rings. The number of hydrogen-bond acceptors (Lipinski definition) is 3. The van der Waals surface area contributed by atoms with Crippen LogP contribution in [0.15, 0.2) is 64.3 Å². The first-order chi connectivity index (χ1) is 14.0. The van der Waals surface area contributed by atoms with Gasteiger partial charge in [0, 0.05) is 25.9 Å². The van der Waals surface area contributed by atoms with Gasteiger partial charge in [-0.3, -0.25) is 13.9 Å². The van der Waals surface area contributed by atoms with Gasteiger partial charge in [-0.25, -0.2) is 4.79 Å². The zero-order valence-corrected chi connectivity index (χ0v) is 17.0. The SMILES string of the molecule is CCOc1ccccc1-n1cc2c(c1-c1ccccc1C)c(=O)n(C)c(=O)n2C. The number of aromatic nitrogens is 3. The average molecular weight is 389 g/mol. The van der Waals surface area contributed by atoms with Gasteiger partial charge < -0.3 is 9.30 Å². The maximum atomic E-state index is 13.2. The molecule has 0 saturated carbocycles. The molecular weight excluding hydrogens is 366 g/mol. The van der Waals surface area contributed by atoms with Crippen LogP contribution >= 0.6 is 0 Å². The van der Waals surface area contributed by atoms with Gasteiger partial charge in [-0.1, -0.05) is 36.4 Å². The first-order valence-electron chi connectivity index (χ1n) is 9.55. The summed E-state index contributed by atoms with van der Waals surface area (Å²) in [6, 6.07) is 15.6. The standard InChI is InChI=1S/C23H23N3O3/c1-5-29-19-13-9-8-12-17(19)26-14-18-20(22(27)25(4)23(28)24(18)3)21(26)16-11-7-6-10-15(16)2/h6-14H,5H2,1-4H3. The van der Waals surface area contributed by atoms with Crippen molar-refractivity contribution in [3.63, 3.8) is 0 Å². The van der Waals surface area contributed by atoms with Crippen molar-refractivity contribution >= 4 is 10.9 Å². The highest BCUT2D eigenvalue weighted by atomic mass is 16.5. The molecule has 2 aromatic heterocycles. The Kier molecular flexibility index (Phi) is 4.62. The van der Waals surface area contributed by atoms with Crippen molar-refractivity contribution in [2.45, 2.75) is 13.8 Å². The van der Waals surface area contributed by atoms with E-state index >= 15 is 0 Å². The van der Waals surface area contributed by atoms with Gasteiger partial charge >= 0.3 is 5.69 Å². The lowest BCUT2D eigenvalue weighted by Gasteiger charge is -2.15. The summed E-state index contributed by atoms with van der Waals surface area (Å²) in [5.41, 5.74) is 3.47. The van der Waals surface area contributed by atoms with Gasteiger partial charge in [0.1, 0.15) is 5.75 Å².